The number of nitrogens with zero attached hydrogens (tertiary/aromatic N) is 2. The van der Waals surface area contributed by atoms with Crippen LogP contribution in [-0.2, 0) is 19.5 Å². The first-order chi connectivity index (χ1) is 16.6. The van der Waals surface area contributed by atoms with E-state index in [0.717, 1.165) is 22.4 Å². The zero-order valence-corrected chi connectivity index (χ0v) is 19.3. The molecule has 0 saturated heterocycles. The average molecular weight is 475 g/mol. The molecule has 4 rings (SSSR count). The summed E-state index contributed by atoms with van der Waals surface area (Å²) in [6.07, 6.45) is 4.11. The highest BCUT2D eigenvalue weighted by Gasteiger charge is 2.17. The maximum atomic E-state index is 13.3. The van der Waals surface area contributed by atoms with Crippen LogP contribution in [0.15, 0.2) is 97.3 Å². The number of hydrogen-bond acceptors (Lipinski definition) is 3. The number of pyridine rings is 1. The molecule has 0 radical (unpaired) electrons. The Hall–Kier alpha value is -3.70. The Bertz CT molecular complexity index is 1220. The number of hydrogen-bond donors (Lipinski definition) is 0. The number of carbonyl (C=O) groups is 1. The maximum Gasteiger partial charge on any atom is 0.254 e. The van der Waals surface area contributed by atoms with Gasteiger partial charge in [0.2, 0.25) is 0 Å². The van der Waals surface area contributed by atoms with Crippen molar-refractivity contribution in [2.24, 2.45) is 0 Å². The molecule has 1 amide bonds. The van der Waals surface area contributed by atoms with Gasteiger partial charge in [0, 0.05) is 42.5 Å². The van der Waals surface area contributed by atoms with Gasteiger partial charge in [0.05, 0.1) is 6.61 Å². The molecule has 0 aliphatic carbocycles. The summed E-state index contributed by atoms with van der Waals surface area (Å²) in [7, 11) is 0. The Morgan fingerprint density at radius 3 is 2.29 bits per heavy atom. The number of carbonyl (C=O) groups excluding carboxylic acids is 1. The molecule has 0 fully saturated rings. The largest absolute Gasteiger partial charge is 0.493 e. The van der Waals surface area contributed by atoms with Crippen molar-refractivity contribution < 1.29 is 13.9 Å². The quantitative estimate of drug-likeness (QED) is 0.284. The van der Waals surface area contributed by atoms with E-state index in [9.17, 15) is 9.18 Å². The van der Waals surface area contributed by atoms with Gasteiger partial charge in [-0.05, 0) is 77.4 Å². The van der Waals surface area contributed by atoms with E-state index in [-0.39, 0.29) is 11.7 Å². The summed E-state index contributed by atoms with van der Waals surface area (Å²) in [5, 5.41) is 0.586. The van der Waals surface area contributed by atoms with Crippen LogP contribution < -0.4 is 4.74 Å². The van der Waals surface area contributed by atoms with E-state index in [1.165, 1.54) is 12.1 Å². The topological polar surface area (TPSA) is 42.4 Å². The summed E-state index contributed by atoms with van der Waals surface area (Å²) in [6.45, 7) is 1.33. The number of halogens is 2. The van der Waals surface area contributed by atoms with Crippen LogP contribution >= 0.6 is 11.6 Å². The fourth-order valence-electron chi connectivity index (χ4n) is 3.57. The molecule has 4 nitrogen and oxygen atoms in total. The monoisotopic (exact) mass is 474 g/mol. The minimum atomic E-state index is -0.248. The summed E-state index contributed by atoms with van der Waals surface area (Å²) in [5.41, 5.74) is 3.53. The van der Waals surface area contributed by atoms with Gasteiger partial charge < -0.3 is 9.64 Å². The summed E-state index contributed by atoms with van der Waals surface area (Å²) < 4.78 is 19.0. The van der Waals surface area contributed by atoms with E-state index in [1.54, 1.807) is 53.7 Å². The van der Waals surface area contributed by atoms with Gasteiger partial charge in [-0.3, -0.25) is 9.78 Å². The molecule has 34 heavy (non-hydrogen) atoms. The first kappa shape index (κ1) is 23.5. The first-order valence-corrected chi connectivity index (χ1v) is 11.3. The minimum absolute atomic E-state index is 0.0869. The third-order valence-corrected chi connectivity index (χ3v) is 5.60. The normalized spacial score (nSPS) is 10.6. The van der Waals surface area contributed by atoms with Gasteiger partial charge in [-0.25, -0.2) is 4.39 Å². The van der Waals surface area contributed by atoms with Crippen LogP contribution in [0, 0.1) is 5.82 Å². The van der Waals surface area contributed by atoms with Crippen LogP contribution in [0.25, 0.3) is 0 Å². The second-order valence-electron chi connectivity index (χ2n) is 7.90. The smallest absolute Gasteiger partial charge is 0.254 e. The minimum Gasteiger partial charge on any atom is -0.493 e. The molecule has 0 saturated carbocycles. The SMILES string of the molecule is O=C(c1ccc(Cl)cc1)N(Cc1ccncc1)Cc1cccc(OCCc2ccc(F)cc2)c1. The molecule has 1 heterocycles. The standard InChI is InChI=1S/C28H24ClFN2O2/c29-25-8-6-24(7-9-25)28(33)32(19-22-12-15-31-16-13-22)20-23-2-1-3-27(18-23)34-17-14-21-4-10-26(30)11-5-21/h1-13,15-16,18H,14,17,19-20H2. The molecule has 6 heteroatoms. The molecule has 172 valence electrons. The molecule has 0 aliphatic rings. The van der Waals surface area contributed by atoms with Gasteiger partial charge in [-0.15, -0.1) is 0 Å². The van der Waals surface area contributed by atoms with Crippen molar-refractivity contribution in [3.8, 4) is 5.75 Å². The average Bonchev–Trinajstić information content (AvgIpc) is 2.86. The fraction of sp³-hybridized carbons (Fsp3) is 0.143. The lowest BCUT2D eigenvalue weighted by molar-refractivity contribution is 0.0730. The molecule has 0 aliphatic heterocycles. The molecule has 0 spiro atoms. The van der Waals surface area contributed by atoms with Crippen molar-refractivity contribution in [3.63, 3.8) is 0 Å². The fourth-order valence-corrected chi connectivity index (χ4v) is 3.70. The molecular formula is C28H24ClFN2O2. The Balaban J connectivity index is 1.46. The van der Waals surface area contributed by atoms with Gasteiger partial charge in [0.1, 0.15) is 11.6 Å². The van der Waals surface area contributed by atoms with E-state index < -0.39 is 0 Å². The van der Waals surface area contributed by atoms with Gasteiger partial charge in [-0.1, -0.05) is 35.9 Å². The first-order valence-electron chi connectivity index (χ1n) is 11.0. The number of aromatic nitrogens is 1. The zero-order valence-electron chi connectivity index (χ0n) is 18.5. The number of rotatable bonds is 9. The van der Waals surface area contributed by atoms with E-state index in [0.29, 0.717) is 36.7 Å². The highest BCUT2D eigenvalue weighted by molar-refractivity contribution is 6.30. The van der Waals surface area contributed by atoms with Crippen molar-refractivity contribution in [3.05, 3.63) is 130 Å². The lowest BCUT2D eigenvalue weighted by Gasteiger charge is -2.23. The highest BCUT2D eigenvalue weighted by Crippen LogP contribution is 2.19. The molecule has 1 aromatic heterocycles. The second-order valence-corrected chi connectivity index (χ2v) is 8.33. The predicted molar refractivity (Wildman–Crippen MR) is 131 cm³/mol. The van der Waals surface area contributed by atoms with E-state index in [2.05, 4.69) is 4.98 Å². The van der Waals surface area contributed by atoms with E-state index >= 15 is 0 Å². The van der Waals surface area contributed by atoms with Crippen molar-refractivity contribution >= 4 is 17.5 Å². The van der Waals surface area contributed by atoms with E-state index in [1.807, 2.05) is 36.4 Å². The third kappa shape index (κ3) is 6.65. The van der Waals surface area contributed by atoms with Crippen LogP contribution in [-0.4, -0.2) is 22.4 Å². The van der Waals surface area contributed by atoms with Crippen molar-refractivity contribution in [2.45, 2.75) is 19.5 Å². The summed E-state index contributed by atoms with van der Waals surface area (Å²) in [5.74, 6) is 0.389. The molecule has 0 bridgehead atoms. The summed E-state index contributed by atoms with van der Waals surface area (Å²) in [6, 6.07) is 24.8. The number of amides is 1. The van der Waals surface area contributed by atoms with Crippen LogP contribution in [0.2, 0.25) is 5.02 Å². The summed E-state index contributed by atoms with van der Waals surface area (Å²) in [4.78, 5) is 19.2. The van der Waals surface area contributed by atoms with Crippen molar-refractivity contribution in [2.75, 3.05) is 6.61 Å². The molecule has 0 unspecified atom stereocenters. The van der Waals surface area contributed by atoms with Crippen molar-refractivity contribution in [1.29, 1.82) is 0 Å². The lowest BCUT2D eigenvalue weighted by atomic mass is 10.1. The number of ether oxygens (including phenoxy) is 1. The Morgan fingerprint density at radius 1 is 0.853 bits per heavy atom. The molecule has 0 N–H and O–H groups in total. The second kappa shape index (κ2) is 11.4. The Labute approximate surface area is 203 Å². The molecule has 4 aromatic rings. The van der Waals surface area contributed by atoms with E-state index in [4.69, 9.17) is 16.3 Å². The zero-order chi connectivity index (χ0) is 23.8. The Morgan fingerprint density at radius 2 is 1.56 bits per heavy atom. The predicted octanol–water partition coefficient (Wildman–Crippen LogP) is 6.34. The molecular weight excluding hydrogens is 451 g/mol. The van der Waals surface area contributed by atoms with Crippen molar-refractivity contribution in [1.82, 2.24) is 9.88 Å². The summed E-state index contributed by atoms with van der Waals surface area (Å²) >= 11 is 6.00. The highest BCUT2D eigenvalue weighted by atomic mass is 35.5. The molecule has 3 aromatic carbocycles. The van der Waals surface area contributed by atoms with Gasteiger partial charge in [0.25, 0.3) is 5.91 Å². The maximum absolute atomic E-state index is 13.3. The number of benzene rings is 3. The van der Waals surface area contributed by atoms with Crippen LogP contribution in [0.3, 0.4) is 0 Å². The third-order valence-electron chi connectivity index (χ3n) is 5.35. The van der Waals surface area contributed by atoms with Gasteiger partial charge in [0.15, 0.2) is 0 Å². The lowest BCUT2D eigenvalue weighted by Crippen LogP contribution is -2.30. The van der Waals surface area contributed by atoms with Crippen LogP contribution in [0.5, 0.6) is 5.75 Å². The van der Waals surface area contributed by atoms with Crippen LogP contribution in [0.1, 0.15) is 27.0 Å². The van der Waals surface area contributed by atoms with Gasteiger partial charge >= 0.3 is 0 Å². The Kier molecular flexibility index (Phi) is 7.89. The molecule has 0 atom stereocenters. The van der Waals surface area contributed by atoms with Gasteiger partial charge in [-0.2, -0.15) is 0 Å². The van der Waals surface area contributed by atoms with Crippen LogP contribution in [0.4, 0.5) is 4.39 Å².